The molecule has 12 nitrogen and oxygen atoms in total. The van der Waals surface area contributed by atoms with Gasteiger partial charge in [-0.2, -0.15) is 0 Å². The number of rotatable bonds is 13. The van der Waals surface area contributed by atoms with Crippen LogP contribution in [0.5, 0.6) is 11.5 Å². The highest BCUT2D eigenvalue weighted by atomic mass is 31.2. The van der Waals surface area contributed by atoms with E-state index in [-0.39, 0.29) is 24.4 Å². The van der Waals surface area contributed by atoms with Crippen LogP contribution in [0.2, 0.25) is 0 Å². The van der Waals surface area contributed by atoms with Crippen LogP contribution in [-0.4, -0.2) is 29.7 Å². The van der Waals surface area contributed by atoms with Crippen molar-refractivity contribution in [3.05, 3.63) is 114 Å². The van der Waals surface area contributed by atoms with Crippen molar-refractivity contribution < 1.29 is 28.2 Å². The average Bonchev–Trinajstić information content (AvgIpc) is 3.02. The number of ether oxygens (including phenoxy) is 1. The average molecular weight is 643 g/mol. The normalized spacial score (nSPS) is 11.1. The highest BCUT2D eigenvalue weighted by Crippen LogP contribution is 2.45. The first kappa shape index (κ1) is 33.3. The van der Waals surface area contributed by atoms with Gasteiger partial charge in [0.05, 0.1) is 5.69 Å². The Bertz CT molecular complexity index is 1570. The minimum absolute atomic E-state index is 0.0622. The molecule has 4 aromatic carbocycles. The Morgan fingerprint density at radius 3 is 1.72 bits per heavy atom. The molecule has 0 aromatic heterocycles. The van der Waals surface area contributed by atoms with Crippen molar-refractivity contribution in [3.8, 4) is 11.5 Å². The Labute approximate surface area is 268 Å². The van der Waals surface area contributed by atoms with E-state index in [0.717, 1.165) is 11.1 Å². The molecule has 0 spiro atoms. The topological polar surface area (TPSA) is 179 Å². The van der Waals surface area contributed by atoms with E-state index in [4.69, 9.17) is 25.3 Å². The molecule has 13 heteroatoms. The van der Waals surface area contributed by atoms with E-state index in [0.29, 0.717) is 35.0 Å². The number of alkyl carbamates (subject to hydrolysis) is 1. The molecule has 0 aliphatic heterocycles. The molecule has 0 aliphatic carbocycles. The third-order valence-electron chi connectivity index (χ3n) is 6.12. The number of nitrogens with two attached hydrogens (primary N) is 2. The summed E-state index contributed by atoms with van der Waals surface area (Å²) in [6, 6.07) is 30.1. The van der Waals surface area contributed by atoms with Crippen LogP contribution in [0.1, 0.15) is 25.0 Å². The summed E-state index contributed by atoms with van der Waals surface area (Å²) in [6.07, 6.45) is -0.366. The number of carbonyl (C=O) groups is 3. The van der Waals surface area contributed by atoms with E-state index in [1.807, 2.05) is 42.5 Å². The van der Waals surface area contributed by atoms with E-state index < -0.39 is 20.3 Å². The van der Waals surface area contributed by atoms with Crippen LogP contribution in [-0.2, 0) is 27.4 Å². The Balaban J connectivity index is 1.63. The van der Waals surface area contributed by atoms with Crippen LogP contribution >= 0.6 is 8.38 Å². The molecule has 0 radical (unpaired) electrons. The first-order chi connectivity index (χ1) is 22.1. The zero-order valence-electron chi connectivity index (χ0n) is 25.3. The maximum atomic E-state index is 13.1. The molecule has 0 saturated carbocycles. The van der Waals surface area contributed by atoms with Crippen LogP contribution in [0.25, 0.3) is 0 Å². The summed E-state index contributed by atoms with van der Waals surface area (Å²) in [7, 11) is -1.93. The lowest BCUT2D eigenvalue weighted by atomic mass is 10.1. The van der Waals surface area contributed by atoms with Crippen LogP contribution in [0.15, 0.2) is 108 Å². The van der Waals surface area contributed by atoms with Crippen molar-refractivity contribution in [2.75, 3.05) is 10.6 Å². The molecule has 4 aromatic rings. The smallest absolute Gasteiger partial charge is 0.408 e. The van der Waals surface area contributed by atoms with E-state index in [9.17, 15) is 14.4 Å². The predicted molar refractivity (Wildman–Crippen MR) is 179 cm³/mol. The van der Waals surface area contributed by atoms with Gasteiger partial charge in [-0.1, -0.05) is 42.5 Å². The van der Waals surface area contributed by atoms with E-state index in [2.05, 4.69) is 20.9 Å². The van der Waals surface area contributed by atoms with E-state index in [1.54, 1.807) is 60.7 Å². The lowest BCUT2D eigenvalue weighted by Gasteiger charge is -2.27. The number of carbonyl (C=O) groups excluding carboxylic acids is 3. The summed E-state index contributed by atoms with van der Waals surface area (Å²) in [6.45, 7) is 2.92. The SMILES string of the molecule is CC(=O)Nc1ccc(OP(Oc2ccc(NC(C)=O)cc2)C(Cc2ccc(N=C(N)N)cc2)NC(=O)OCc2ccccc2)cc1. The predicted octanol–water partition coefficient (Wildman–Crippen LogP) is 5.77. The van der Waals surface area contributed by atoms with Crippen LogP contribution in [0.4, 0.5) is 21.9 Å². The molecule has 0 fully saturated rings. The molecule has 7 N–H and O–H groups in total. The van der Waals surface area contributed by atoms with Gasteiger partial charge in [-0.15, -0.1) is 0 Å². The summed E-state index contributed by atoms with van der Waals surface area (Å²) >= 11 is 0. The first-order valence-electron chi connectivity index (χ1n) is 14.2. The van der Waals surface area contributed by atoms with Crippen molar-refractivity contribution >= 4 is 49.3 Å². The molecule has 0 heterocycles. The van der Waals surface area contributed by atoms with Gasteiger partial charge in [-0.25, -0.2) is 9.79 Å². The summed E-state index contributed by atoms with van der Waals surface area (Å²) in [5.74, 6) is -0.285. The van der Waals surface area contributed by atoms with Gasteiger partial charge in [0, 0.05) is 31.6 Å². The van der Waals surface area contributed by atoms with Crippen molar-refractivity contribution in [3.63, 3.8) is 0 Å². The highest BCUT2D eigenvalue weighted by Gasteiger charge is 2.31. The van der Waals surface area contributed by atoms with Gasteiger partial charge in [-0.3, -0.25) is 9.59 Å². The molecule has 0 bridgehead atoms. The van der Waals surface area contributed by atoms with Crippen molar-refractivity contribution in [1.29, 1.82) is 0 Å². The minimum atomic E-state index is -1.93. The Kier molecular flexibility index (Phi) is 11.9. The lowest BCUT2D eigenvalue weighted by molar-refractivity contribution is -0.115. The summed E-state index contributed by atoms with van der Waals surface area (Å²) in [5.41, 5.74) is 14.5. The number of nitrogens with zero attached hydrogens (tertiary/aromatic N) is 1. The van der Waals surface area contributed by atoms with E-state index >= 15 is 0 Å². The minimum Gasteiger partial charge on any atom is -0.445 e. The van der Waals surface area contributed by atoms with Gasteiger partial charge < -0.3 is 41.2 Å². The monoisotopic (exact) mass is 642 g/mol. The lowest BCUT2D eigenvalue weighted by Crippen LogP contribution is -2.37. The largest absolute Gasteiger partial charge is 0.445 e. The van der Waals surface area contributed by atoms with Crippen molar-refractivity contribution in [1.82, 2.24) is 5.32 Å². The van der Waals surface area contributed by atoms with Gasteiger partial charge in [0.15, 0.2) is 5.96 Å². The molecule has 0 saturated heterocycles. The molecule has 238 valence electrons. The second-order valence-corrected chi connectivity index (χ2v) is 11.6. The Hall–Kier alpha value is -5.61. The second kappa shape index (κ2) is 16.5. The number of guanidine groups is 1. The van der Waals surface area contributed by atoms with Gasteiger partial charge in [0.2, 0.25) is 11.8 Å². The fraction of sp³-hybridized carbons (Fsp3) is 0.152. The molecule has 46 heavy (non-hydrogen) atoms. The summed E-state index contributed by atoms with van der Waals surface area (Å²) in [4.78, 5) is 40.2. The quantitative estimate of drug-likeness (QED) is 0.0692. The number of hydrogen-bond acceptors (Lipinski definition) is 7. The number of benzene rings is 4. The van der Waals surface area contributed by atoms with Gasteiger partial charge in [0.1, 0.15) is 23.9 Å². The van der Waals surface area contributed by atoms with Gasteiger partial charge in [0.25, 0.3) is 0 Å². The van der Waals surface area contributed by atoms with Crippen molar-refractivity contribution in [2.45, 2.75) is 32.7 Å². The third kappa shape index (κ3) is 11.1. The van der Waals surface area contributed by atoms with Crippen molar-refractivity contribution in [2.24, 2.45) is 16.5 Å². The molecule has 1 unspecified atom stereocenters. The Morgan fingerprint density at radius 2 is 1.24 bits per heavy atom. The van der Waals surface area contributed by atoms with Gasteiger partial charge >= 0.3 is 14.5 Å². The maximum absolute atomic E-state index is 13.1. The maximum Gasteiger partial charge on any atom is 0.408 e. The zero-order chi connectivity index (χ0) is 32.9. The van der Waals surface area contributed by atoms with Crippen LogP contribution in [0, 0.1) is 0 Å². The first-order valence-corrected chi connectivity index (χ1v) is 15.4. The molecular formula is C33H35N6O6P. The number of anilines is 2. The number of aliphatic imine (C=N–C) groups is 1. The molecule has 1 atom stereocenters. The third-order valence-corrected chi connectivity index (χ3v) is 7.72. The number of amides is 3. The number of nitrogens with one attached hydrogen (secondary N) is 3. The van der Waals surface area contributed by atoms with Crippen LogP contribution in [0.3, 0.4) is 0 Å². The molecule has 3 amide bonds. The molecular weight excluding hydrogens is 607 g/mol. The molecule has 4 rings (SSSR count). The highest BCUT2D eigenvalue weighted by molar-refractivity contribution is 7.49. The second-order valence-electron chi connectivity index (χ2n) is 10.0. The zero-order valence-corrected chi connectivity index (χ0v) is 26.2. The Morgan fingerprint density at radius 1 is 0.717 bits per heavy atom. The van der Waals surface area contributed by atoms with Gasteiger partial charge in [-0.05, 0) is 71.8 Å². The van der Waals surface area contributed by atoms with E-state index in [1.165, 1.54) is 13.8 Å². The van der Waals surface area contributed by atoms with Crippen LogP contribution < -0.4 is 36.5 Å². The summed E-state index contributed by atoms with van der Waals surface area (Å²) in [5, 5.41) is 8.38. The number of hydrogen-bond donors (Lipinski definition) is 5. The molecule has 0 aliphatic rings. The summed E-state index contributed by atoms with van der Waals surface area (Å²) < 4.78 is 18.3. The fourth-order valence-electron chi connectivity index (χ4n) is 4.12. The standard InChI is InChI=1S/C33H35N6O6P/c1-22(40)36-26-12-16-29(17-13-26)44-46(45-30-18-14-27(15-19-30)37-23(2)41)31(20-24-8-10-28(11-9-24)38-32(34)35)39-33(42)43-21-25-6-4-3-5-7-25/h3-19,31H,20-21H2,1-2H3,(H,36,40)(H,37,41)(H,39,42)(H4,34,35,38). The fourth-order valence-corrected chi connectivity index (χ4v) is 5.64.